The Hall–Kier alpha value is -2.40. The quantitative estimate of drug-likeness (QED) is 0.745. The molecule has 0 unspecified atom stereocenters. The summed E-state index contributed by atoms with van der Waals surface area (Å²) >= 11 is 1.41. The minimum absolute atomic E-state index is 0.233. The van der Waals surface area contributed by atoms with Crippen molar-refractivity contribution < 1.29 is 9.90 Å². The summed E-state index contributed by atoms with van der Waals surface area (Å²) in [4.78, 5) is 19.7. The van der Waals surface area contributed by atoms with Crippen LogP contribution in [0.15, 0.2) is 59.9 Å². The summed E-state index contributed by atoms with van der Waals surface area (Å²) in [7, 11) is 0. The number of hydrogen-bond donors (Lipinski definition) is 1. The van der Waals surface area contributed by atoms with Gasteiger partial charge in [-0.15, -0.1) is 11.8 Å². The molecule has 2 aromatic heterocycles. The lowest BCUT2D eigenvalue weighted by Crippen LogP contribution is -2.00. The number of carboxylic acids is 1. The molecule has 0 atom stereocenters. The topological polar surface area (TPSA) is 63.1 Å². The van der Waals surface area contributed by atoms with E-state index < -0.39 is 5.97 Å². The van der Waals surface area contributed by atoms with Crippen LogP contribution >= 0.6 is 11.8 Å². The molecule has 0 spiro atoms. The second-order valence-corrected chi connectivity index (χ2v) is 5.45. The highest BCUT2D eigenvalue weighted by Crippen LogP contribution is 2.25. The Morgan fingerprint density at radius 2 is 2.00 bits per heavy atom. The Bertz CT molecular complexity index is 805. The number of aromatic carboxylic acids is 1. The number of nitrogens with zero attached hydrogens (tertiary/aromatic N) is 2. The number of benzene rings is 1. The van der Waals surface area contributed by atoms with E-state index >= 15 is 0 Å². The summed E-state index contributed by atoms with van der Waals surface area (Å²) in [6, 6.07) is 13.2. The molecule has 0 amide bonds. The monoisotopic (exact) mass is 296 g/mol. The van der Waals surface area contributed by atoms with Crippen molar-refractivity contribution >= 4 is 28.6 Å². The van der Waals surface area contributed by atoms with Gasteiger partial charge in [0, 0.05) is 23.5 Å². The molecule has 0 aliphatic rings. The summed E-state index contributed by atoms with van der Waals surface area (Å²) in [6.45, 7) is 0. The first-order valence-corrected chi connectivity index (χ1v) is 7.37. The highest BCUT2D eigenvalue weighted by Gasteiger charge is 2.11. The van der Waals surface area contributed by atoms with Gasteiger partial charge >= 0.3 is 5.97 Å². The van der Waals surface area contributed by atoms with Crippen LogP contribution < -0.4 is 0 Å². The van der Waals surface area contributed by atoms with Crippen LogP contribution in [0.25, 0.3) is 10.9 Å². The molecule has 0 aliphatic heterocycles. The number of aromatic nitrogens is 2. The maximum absolute atomic E-state index is 11.1. The lowest BCUT2D eigenvalue weighted by molar-refractivity contribution is 0.0692. The average Bonchev–Trinajstić information content (AvgIpc) is 2.53. The van der Waals surface area contributed by atoms with E-state index in [1.807, 2.05) is 30.5 Å². The number of carboxylic acid groups (broad SMARTS) is 1. The Morgan fingerprint density at radius 3 is 2.86 bits per heavy atom. The van der Waals surface area contributed by atoms with Crippen molar-refractivity contribution in [1.82, 2.24) is 9.97 Å². The van der Waals surface area contributed by atoms with E-state index in [1.165, 1.54) is 11.8 Å². The van der Waals surface area contributed by atoms with Gasteiger partial charge in [0.25, 0.3) is 0 Å². The van der Waals surface area contributed by atoms with Crippen molar-refractivity contribution in [3.05, 3.63) is 66.0 Å². The molecule has 0 saturated heterocycles. The van der Waals surface area contributed by atoms with E-state index in [1.54, 1.807) is 18.3 Å². The highest BCUT2D eigenvalue weighted by molar-refractivity contribution is 7.98. The number of rotatable bonds is 4. The predicted octanol–water partition coefficient (Wildman–Crippen LogP) is 3.62. The molecule has 0 bridgehead atoms. The smallest absolute Gasteiger partial charge is 0.338 e. The molecule has 5 heteroatoms. The third-order valence-corrected chi connectivity index (χ3v) is 4.10. The van der Waals surface area contributed by atoms with Gasteiger partial charge in [0.15, 0.2) is 0 Å². The van der Waals surface area contributed by atoms with E-state index in [4.69, 9.17) is 5.11 Å². The summed E-state index contributed by atoms with van der Waals surface area (Å²) < 4.78 is 0. The Kier molecular flexibility index (Phi) is 3.83. The van der Waals surface area contributed by atoms with Gasteiger partial charge in [-0.25, -0.2) is 9.78 Å². The van der Waals surface area contributed by atoms with Crippen molar-refractivity contribution in [1.29, 1.82) is 0 Å². The van der Waals surface area contributed by atoms with Crippen molar-refractivity contribution in [2.24, 2.45) is 0 Å². The van der Waals surface area contributed by atoms with Crippen LogP contribution in [0.3, 0.4) is 0 Å². The van der Waals surface area contributed by atoms with Crippen LogP contribution in [0, 0.1) is 0 Å². The molecule has 3 aromatic rings. The zero-order chi connectivity index (χ0) is 14.7. The molecule has 2 heterocycles. The maximum atomic E-state index is 11.1. The lowest BCUT2D eigenvalue weighted by atomic mass is 10.2. The number of pyridine rings is 2. The molecule has 1 aromatic carbocycles. The molecular formula is C16H12N2O2S. The molecule has 104 valence electrons. The van der Waals surface area contributed by atoms with Gasteiger partial charge < -0.3 is 5.11 Å². The van der Waals surface area contributed by atoms with E-state index in [0.29, 0.717) is 10.8 Å². The molecular weight excluding hydrogens is 284 g/mol. The summed E-state index contributed by atoms with van der Waals surface area (Å²) in [5.74, 6) is -0.322. The fourth-order valence-corrected chi connectivity index (χ4v) is 2.92. The standard InChI is InChI=1S/C16H12N2O2S/c19-16(20)13-5-3-7-17-15(13)21-10-11-8-12-4-1-2-6-14(12)18-9-11/h1-9H,10H2,(H,19,20). The first-order chi connectivity index (χ1) is 10.2. The van der Waals surface area contributed by atoms with Gasteiger partial charge in [-0.1, -0.05) is 18.2 Å². The normalized spacial score (nSPS) is 10.7. The van der Waals surface area contributed by atoms with Gasteiger partial charge in [-0.2, -0.15) is 0 Å². The molecule has 0 aliphatic carbocycles. The van der Waals surface area contributed by atoms with Gasteiger partial charge in [-0.05, 0) is 29.8 Å². The van der Waals surface area contributed by atoms with E-state index in [0.717, 1.165) is 16.5 Å². The molecule has 3 rings (SSSR count). The molecule has 4 nitrogen and oxygen atoms in total. The fraction of sp³-hybridized carbons (Fsp3) is 0.0625. The van der Waals surface area contributed by atoms with Crippen molar-refractivity contribution in [2.45, 2.75) is 10.8 Å². The Morgan fingerprint density at radius 1 is 1.14 bits per heavy atom. The number of fused-ring (bicyclic) bond motifs is 1. The number of hydrogen-bond acceptors (Lipinski definition) is 4. The summed E-state index contributed by atoms with van der Waals surface area (Å²) in [5, 5.41) is 10.7. The number of para-hydroxylation sites is 1. The second kappa shape index (κ2) is 5.93. The zero-order valence-corrected chi connectivity index (χ0v) is 11.9. The van der Waals surface area contributed by atoms with Crippen LogP contribution in [0.4, 0.5) is 0 Å². The van der Waals surface area contributed by atoms with Crippen LogP contribution in [-0.2, 0) is 5.75 Å². The van der Waals surface area contributed by atoms with Crippen LogP contribution in [-0.4, -0.2) is 21.0 Å². The zero-order valence-electron chi connectivity index (χ0n) is 11.1. The van der Waals surface area contributed by atoms with Crippen LogP contribution in [0.5, 0.6) is 0 Å². The van der Waals surface area contributed by atoms with Crippen molar-refractivity contribution in [2.75, 3.05) is 0 Å². The van der Waals surface area contributed by atoms with Crippen LogP contribution in [0.2, 0.25) is 0 Å². The minimum Gasteiger partial charge on any atom is -0.478 e. The Labute approximate surface area is 125 Å². The summed E-state index contributed by atoms with van der Waals surface area (Å²) in [6.07, 6.45) is 3.42. The van der Waals surface area contributed by atoms with E-state index in [9.17, 15) is 4.79 Å². The molecule has 1 N–H and O–H groups in total. The Balaban J connectivity index is 1.82. The number of thioether (sulfide) groups is 1. The molecule has 21 heavy (non-hydrogen) atoms. The largest absolute Gasteiger partial charge is 0.478 e. The first-order valence-electron chi connectivity index (χ1n) is 6.39. The first kappa shape index (κ1) is 13.6. The fourth-order valence-electron chi connectivity index (χ4n) is 2.02. The SMILES string of the molecule is O=C(O)c1cccnc1SCc1cnc2ccccc2c1. The third-order valence-electron chi connectivity index (χ3n) is 3.02. The van der Waals surface area contributed by atoms with Crippen molar-refractivity contribution in [3.63, 3.8) is 0 Å². The van der Waals surface area contributed by atoms with E-state index in [2.05, 4.69) is 16.0 Å². The van der Waals surface area contributed by atoms with Gasteiger partial charge in [0.05, 0.1) is 11.1 Å². The second-order valence-electron chi connectivity index (χ2n) is 4.49. The van der Waals surface area contributed by atoms with Gasteiger partial charge in [0.2, 0.25) is 0 Å². The molecule has 0 saturated carbocycles. The van der Waals surface area contributed by atoms with Gasteiger partial charge in [0.1, 0.15) is 5.03 Å². The third kappa shape index (κ3) is 3.03. The van der Waals surface area contributed by atoms with Crippen molar-refractivity contribution in [3.8, 4) is 0 Å². The lowest BCUT2D eigenvalue weighted by Gasteiger charge is -2.05. The molecule has 0 fully saturated rings. The maximum Gasteiger partial charge on any atom is 0.338 e. The number of carbonyl (C=O) groups is 1. The minimum atomic E-state index is -0.956. The summed E-state index contributed by atoms with van der Waals surface area (Å²) in [5.41, 5.74) is 2.23. The van der Waals surface area contributed by atoms with Crippen LogP contribution in [0.1, 0.15) is 15.9 Å². The average molecular weight is 296 g/mol. The highest BCUT2D eigenvalue weighted by atomic mass is 32.2. The van der Waals surface area contributed by atoms with E-state index in [-0.39, 0.29) is 5.56 Å². The predicted molar refractivity (Wildman–Crippen MR) is 82.5 cm³/mol. The van der Waals surface area contributed by atoms with Gasteiger partial charge in [-0.3, -0.25) is 4.98 Å². The molecule has 0 radical (unpaired) electrons.